The number of Topliss-reactive ketones (excluding diaryl/α,β-unsaturated/α-hetero) is 1. The van der Waals surface area contributed by atoms with Crippen molar-refractivity contribution in [3.8, 4) is 5.75 Å². The van der Waals surface area contributed by atoms with Crippen LogP contribution in [0.3, 0.4) is 0 Å². The Hall–Kier alpha value is -2.41. The first-order valence-electron chi connectivity index (χ1n) is 6.62. The van der Waals surface area contributed by atoms with Gasteiger partial charge in [0.05, 0.1) is 6.20 Å². The number of aromatic nitrogens is 2. The Balaban J connectivity index is 1.83. The summed E-state index contributed by atoms with van der Waals surface area (Å²) in [7, 11) is 0. The van der Waals surface area contributed by atoms with Gasteiger partial charge < -0.3 is 4.74 Å². The number of carbonyl (C=O) groups excluding carboxylic acids is 2. The molecule has 6 nitrogen and oxygen atoms in total. The molecule has 3 rings (SSSR count). The summed E-state index contributed by atoms with van der Waals surface area (Å²) >= 11 is 1.48. The van der Waals surface area contributed by atoms with Crippen molar-refractivity contribution in [2.24, 2.45) is 0 Å². The molecule has 22 heavy (non-hydrogen) atoms. The number of carbonyl (C=O) groups is 2. The van der Waals surface area contributed by atoms with Crippen molar-refractivity contribution in [2.45, 2.75) is 18.6 Å². The summed E-state index contributed by atoms with van der Waals surface area (Å²) in [4.78, 5) is 39.6. The van der Waals surface area contributed by atoms with Crippen molar-refractivity contribution in [3.63, 3.8) is 0 Å². The zero-order valence-corrected chi connectivity index (χ0v) is 12.6. The molecule has 0 atom stereocenters. The van der Waals surface area contributed by atoms with Gasteiger partial charge in [0, 0.05) is 17.9 Å². The van der Waals surface area contributed by atoms with Gasteiger partial charge in [-0.3, -0.25) is 14.2 Å². The fourth-order valence-corrected chi connectivity index (χ4v) is 2.99. The molecule has 0 radical (unpaired) electrons. The standard InChI is InChI=1S/C15H12N2O4S/c1-9(18)10-2-4-11(5-3-10)21-14(20)12-8-16-15-17(13(12)19)6-7-22-15/h2-5,8H,6-7H2,1H3. The summed E-state index contributed by atoms with van der Waals surface area (Å²) in [5, 5.41) is 0.618. The highest BCUT2D eigenvalue weighted by Crippen LogP contribution is 2.21. The molecule has 112 valence electrons. The molecular formula is C15H12N2O4S. The predicted molar refractivity (Wildman–Crippen MR) is 80.6 cm³/mol. The normalized spacial score (nSPS) is 12.8. The number of hydrogen-bond donors (Lipinski definition) is 0. The van der Waals surface area contributed by atoms with Gasteiger partial charge in [-0.1, -0.05) is 11.8 Å². The van der Waals surface area contributed by atoms with Crippen molar-refractivity contribution in [1.82, 2.24) is 9.55 Å². The van der Waals surface area contributed by atoms with Crippen LogP contribution in [0.4, 0.5) is 0 Å². The molecule has 0 fully saturated rings. The number of esters is 1. The average molecular weight is 316 g/mol. The molecule has 1 aliphatic heterocycles. The molecule has 0 bridgehead atoms. The van der Waals surface area contributed by atoms with Gasteiger partial charge in [0.1, 0.15) is 11.3 Å². The van der Waals surface area contributed by atoms with E-state index in [-0.39, 0.29) is 22.7 Å². The van der Waals surface area contributed by atoms with E-state index in [4.69, 9.17) is 4.74 Å². The Bertz CT molecular complexity index is 811. The maximum atomic E-state index is 12.2. The van der Waals surface area contributed by atoms with E-state index in [2.05, 4.69) is 4.98 Å². The van der Waals surface area contributed by atoms with Gasteiger partial charge in [0.25, 0.3) is 5.56 Å². The lowest BCUT2D eigenvalue weighted by Gasteiger charge is -2.06. The molecule has 1 aliphatic rings. The Labute approximate surface area is 130 Å². The molecule has 0 amide bonds. The Morgan fingerprint density at radius 2 is 2.00 bits per heavy atom. The highest BCUT2D eigenvalue weighted by atomic mass is 32.2. The third kappa shape index (κ3) is 2.67. The molecule has 0 saturated heterocycles. The lowest BCUT2D eigenvalue weighted by atomic mass is 10.1. The second-order valence-electron chi connectivity index (χ2n) is 4.73. The maximum absolute atomic E-state index is 12.2. The summed E-state index contributed by atoms with van der Waals surface area (Å²) in [6.45, 7) is 2.00. The second kappa shape index (κ2) is 5.76. The van der Waals surface area contributed by atoms with E-state index in [9.17, 15) is 14.4 Å². The lowest BCUT2D eigenvalue weighted by molar-refractivity contribution is 0.0731. The number of benzene rings is 1. The van der Waals surface area contributed by atoms with Crippen molar-refractivity contribution in [2.75, 3.05) is 5.75 Å². The second-order valence-corrected chi connectivity index (χ2v) is 5.79. The van der Waals surface area contributed by atoms with E-state index in [1.54, 1.807) is 12.1 Å². The van der Waals surface area contributed by atoms with Crippen LogP contribution >= 0.6 is 11.8 Å². The number of fused-ring (bicyclic) bond motifs is 1. The van der Waals surface area contributed by atoms with Gasteiger partial charge in [-0.2, -0.15) is 0 Å². The van der Waals surface area contributed by atoms with Crippen LogP contribution in [0.5, 0.6) is 5.75 Å². The minimum Gasteiger partial charge on any atom is -0.423 e. The molecule has 7 heteroatoms. The zero-order valence-electron chi connectivity index (χ0n) is 11.7. The fourth-order valence-electron chi connectivity index (χ4n) is 2.08. The van der Waals surface area contributed by atoms with Gasteiger partial charge in [-0.15, -0.1) is 0 Å². The Morgan fingerprint density at radius 1 is 1.27 bits per heavy atom. The Morgan fingerprint density at radius 3 is 2.68 bits per heavy atom. The molecule has 0 saturated carbocycles. The van der Waals surface area contributed by atoms with Gasteiger partial charge in [-0.05, 0) is 31.2 Å². The fraction of sp³-hybridized carbons (Fsp3) is 0.200. The van der Waals surface area contributed by atoms with Gasteiger partial charge in [0.2, 0.25) is 0 Å². The van der Waals surface area contributed by atoms with Crippen LogP contribution in [-0.2, 0) is 6.54 Å². The van der Waals surface area contributed by atoms with Crippen molar-refractivity contribution in [1.29, 1.82) is 0 Å². The van der Waals surface area contributed by atoms with Crippen molar-refractivity contribution >= 4 is 23.5 Å². The van der Waals surface area contributed by atoms with Crippen LogP contribution in [0, 0.1) is 0 Å². The number of rotatable bonds is 3. The molecule has 0 aliphatic carbocycles. The van der Waals surface area contributed by atoms with Crippen LogP contribution in [0.25, 0.3) is 0 Å². The largest absolute Gasteiger partial charge is 0.423 e. The SMILES string of the molecule is CC(=O)c1ccc(OC(=O)c2cnc3n(c2=O)CCS3)cc1. The molecular weight excluding hydrogens is 304 g/mol. The number of thioether (sulfide) groups is 1. The van der Waals surface area contributed by atoms with Crippen molar-refractivity contribution < 1.29 is 14.3 Å². The summed E-state index contributed by atoms with van der Waals surface area (Å²) in [6.07, 6.45) is 1.25. The van der Waals surface area contributed by atoms with Crippen molar-refractivity contribution in [3.05, 3.63) is 51.9 Å². The lowest BCUT2D eigenvalue weighted by Crippen LogP contribution is -2.28. The van der Waals surface area contributed by atoms with Crippen LogP contribution in [0.15, 0.2) is 40.4 Å². The van der Waals surface area contributed by atoms with Crippen LogP contribution in [-0.4, -0.2) is 27.1 Å². The predicted octanol–water partition coefficient (Wildman–Crippen LogP) is 1.77. The summed E-state index contributed by atoms with van der Waals surface area (Å²) < 4.78 is 6.64. The highest BCUT2D eigenvalue weighted by Gasteiger charge is 2.21. The van der Waals surface area contributed by atoms with E-state index in [1.807, 2.05) is 0 Å². The molecule has 1 aromatic heterocycles. The quantitative estimate of drug-likeness (QED) is 0.372. The number of ether oxygens (including phenoxy) is 1. The molecule has 0 N–H and O–H groups in total. The Kier molecular flexibility index (Phi) is 3.81. The first kappa shape index (κ1) is 14.5. The third-order valence-electron chi connectivity index (χ3n) is 3.25. The molecule has 0 unspecified atom stereocenters. The molecule has 0 spiro atoms. The highest BCUT2D eigenvalue weighted by molar-refractivity contribution is 7.99. The van der Waals surface area contributed by atoms with Gasteiger partial charge in [0.15, 0.2) is 10.9 Å². The maximum Gasteiger partial charge on any atom is 0.350 e. The summed E-state index contributed by atoms with van der Waals surface area (Å²) in [6, 6.07) is 6.16. The molecule has 1 aromatic carbocycles. The number of ketones is 1. The number of hydrogen-bond acceptors (Lipinski definition) is 6. The first-order valence-corrected chi connectivity index (χ1v) is 7.60. The van der Waals surface area contributed by atoms with E-state index in [1.165, 1.54) is 41.6 Å². The summed E-state index contributed by atoms with van der Waals surface area (Å²) in [5.41, 5.74) is 0.0401. The molecule has 2 aromatic rings. The van der Waals surface area contributed by atoms with E-state index in [0.717, 1.165) is 5.75 Å². The van der Waals surface area contributed by atoms with Crippen LogP contribution in [0.1, 0.15) is 27.6 Å². The minimum atomic E-state index is -0.750. The third-order valence-corrected chi connectivity index (χ3v) is 4.22. The topological polar surface area (TPSA) is 78.3 Å². The smallest absolute Gasteiger partial charge is 0.350 e. The van der Waals surface area contributed by atoms with E-state index < -0.39 is 5.97 Å². The molecule has 2 heterocycles. The summed E-state index contributed by atoms with van der Waals surface area (Å²) in [5.74, 6) is 0.221. The monoisotopic (exact) mass is 316 g/mol. The average Bonchev–Trinajstić information content (AvgIpc) is 2.97. The minimum absolute atomic E-state index is 0.0727. The van der Waals surface area contributed by atoms with Gasteiger partial charge in [-0.25, -0.2) is 9.78 Å². The van der Waals surface area contributed by atoms with Crippen LogP contribution in [0.2, 0.25) is 0 Å². The van der Waals surface area contributed by atoms with E-state index in [0.29, 0.717) is 17.3 Å². The van der Waals surface area contributed by atoms with Gasteiger partial charge >= 0.3 is 5.97 Å². The first-order chi connectivity index (χ1) is 10.6. The van der Waals surface area contributed by atoms with E-state index >= 15 is 0 Å². The number of nitrogens with zero attached hydrogens (tertiary/aromatic N) is 2. The zero-order chi connectivity index (χ0) is 15.7. The van der Waals surface area contributed by atoms with Crippen LogP contribution < -0.4 is 10.3 Å².